The minimum atomic E-state index is -0.513. The molecule has 156 valence electrons. The van der Waals surface area contributed by atoms with Gasteiger partial charge >= 0.3 is 0 Å². The minimum absolute atomic E-state index is 0.0292. The first-order chi connectivity index (χ1) is 14.4. The number of aromatic nitrogens is 2. The first kappa shape index (κ1) is 20.6. The molecule has 1 aromatic carbocycles. The van der Waals surface area contributed by atoms with E-state index in [9.17, 15) is 14.0 Å². The Morgan fingerprint density at radius 2 is 2.10 bits per heavy atom. The first-order valence-corrected chi connectivity index (χ1v) is 10.8. The number of carbonyl (C=O) groups excluding carboxylic acids is 2. The summed E-state index contributed by atoms with van der Waals surface area (Å²) in [5, 5.41) is 6.16. The fraction of sp³-hybridized carbons (Fsp3) is 0.286. The summed E-state index contributed by atoms with van der Waals surface area (Å²) in [6, 6.07) is 5.31. The minimum Gasteiger partial charge on any atom is -0.346 e. The van der Waals surface area contributed by atoms with Crippen LogP contribution in [-0.4, -0.2) is 21.4 Å². The second-order valence-corrected chi connectivity index (χ2v) is 8.64. The standard InChI is InChI=1S/C21H20ClFN4O2S/c1-12-8-18(26-20(28)15-6-5-13(23)9-16(15)22)30-19(12)21(29)24-10-14-11-27-7-3-2-4-17(27)25-14/h5-6,8-9,11H,2-4,7,10H2,1H3,(H,24,29)(H,26,28). The number of nitrogens with zero attached hydrogens (tertiary/aromatic N) is 2. The van der Waals surface area contributed by atoms with E-state index in [0.717, 1.165) is 49.0 Å². The van der Waals surface area contributed by atoms with E-state index in [1.165, 1.54) is 23.5 Å². The van der Waals surface area contributed by atoms with Gasteiger partial charge in [0.2, 0.25) is 0 Å². The molecule has 6 nitrogen and oxygen atoms in total. The number of hydrogen-bond acceptors (Lipinski definition) is 4. The van der Waals surface area contributed by atoms with Crippen LogP contribution in [0.25, 0.3) is 0 Å². The molecule has 0 spiro atoms. The Hall–Kier alpha value is -2.71. The molecule has 0 radical (unpaired) electrons. The third-order valence-corrected chi connectivity index (χ3v) is 6.39. The fourth-order valence-electron chi connectivity index (χ4n) is 3.43. The summed E-state index contributed by atoms with van der Waals surface area (Å²) in [6.45, 7) is 3.13. The highest BCUT2D eigenvalue weighted by Crippen LogP contribution is 2.28. The summed E-state index contributed by atoms with van der Waals surface area (Å²) in [6.07, 6.45) is 5.27. The van der Waals surface area contributed by atoms with Gasteiger partial charge in [-0.3, -0.25) is 9.59 Å². The Balaban J connectivity index is 1.41. The van der Waals surface area contributed by atoms with Crippen molar-refractivity contribution in [2.24, 2.45) is 0 Å². The molecule has 2 amide bonds. The van der Waals surface area contributed by atoms with Crippen molar-refractivity contribution in [2.45, 2.75) is 39.3 Å². The van der Waals surface area contributed by atoms with Crippen LogP contribution in [0.2, 0.25) is 5.02 Å². The lowest BCUT2D eigenvalue weighted by atomic mass is 10.2. The topological polar surface area (TPSA) is 76.0 Å². The second-order valence-electron chi connectivity index (χ2n) is 7.18. The molecular formula is C21H20ClFN4O2S. The SMILES string of the molecule is Cc1cc(NC(=O)c2ccc(F)cc2Cl)sc1C(=O)NCc1cn2c(n1)CCCC2. The van der Waals surface area contributed by atoms with Crippen molar-refractivity contribution in [3.8, 4) is 0 Å². The number of amides is 2. The van der Waals surface area contributed by atoms with Crippen molar-refractivity contribution < 1.29 is 14.0 Å². The van der Waals surface area contributed by atoms with Crippen LogP contribution in [0.1, 0.15) is 50.0 Å². The van der Waals surface area contributed by atoms with Gasteiger partial charge in [0.05, 0.1) is 32.7 Å². The van der Waals surface area contributed by atoms with Crippen LogP contribution in [0.4, 0.5) is 9.39 Å². The van der Waals surface area contributed by atoms with E-state index in [0.29, 0.717) is 16.4 Å². The van der Waals surface area contributed by atoms with E-state index in [4.69, 9.17) is 11.6 Å². The number of anilines is 1. The van der Waals surface area contributed by atoms with Gasteiger partial charge in [-0.2, -0.15) is 0 Å². The Labute approximate surface area is 182 Å². The maximum absolute atomic E-state index is 13.2. The van der Waals surface area contributed by atoms with Crippen LogP contribution < -0.4 is 10.6 Å². The maximum Gasteiger partial charge on any atom is 0.262 e. The normalized spacial score (nSPS) is 13.0. The van der Waals surface area contributed by atoms with Crippen molar-refractivity contribution in [3.05, 3.63) is 68.8 Å². The number of carbonyl (C=O) groups is 2. The van der Waals surface area contributed by atoms with Crippen LogP contribution in [0.3, 0.4) is 0 Å². The number of thiophene rings is 1. The van der Waals surface area contributed by atoms with Crippen molar-refractivity contribution in [3.63, 3.8) is 0 Å². The number of imidazole rings is 1. The Morgan fingerprint density at radius 3 is 2.87 bits per heavy atom. The predicted octanol–water partition coefficient (Wildman–Crippen LogP) is 4.56. The molecule has 0 unspecified atom stereocenters. The van der Waals surface area contributed by atoms with Crippen LogP contribution in [0.15, 0.2) is 30.5 Å². The molecule has 0 atom stereocenters. The third kappa shape index (κ3) is 4.39. The predicted molar refractivity (Wildman–Crippen MR) is 115 cm³/mol. The molecule has 0 fully saturated rings. The van der Waals surface area contributed by atoms with Gasteiger partial charge in [0.25, 0.3) is 11.8 Å². The third-order valence-electron chi connectivity index (χ3n) is 4.93. The fourth-order valence-corrected chi connectivity index (χ4v) is 4.67. The summed E-state index contributed by atoms with van der Waals surface area (Å²) < 4.78 is 15.3. The quantitative estimate of drug-likeness (QED) is 0.603. The van der Waals surface area contributed by atoms with Gasteiger partial charge in [0.15, 0.2) is 0 Å². The summed E-state index contributed by atoms with van der Waals surface area (Å²) in [5.41, 5.74) is 1.76. The number of fused-ring (bicyclic) bond motifs is 1. The average molecular weight is 447 g/mol. The highest BCUT2D eigenvalue weighted by Gasteiger charge is 2.18. The summed E-state index contributed by atoms with van der Waals surface area (Å²) >= 11 is 7.12. The average Bonchev–Trinajstić information content (AvgIpc) is 3.28. The van der Waals surface area contributed by atoms with Crippen molar-refractivity contribution in [1.29, 1.82) is 0 Å². The van der Waals surface area contributed by atoms with E-state index in [1.807, 2.05) is 6.20 Å². The molecule has 3 aromatic rings. The summed E-state index contributed by atoms with van der Waals surface area (Å²) in [7, 11) is 0. The van der Waals surface area contributed by atoms with Gasteiger partial charge in [-0.25, -0.2) is 9.37 Å². The van der Waals surface area contributed by atoms with E-state index < -0.39 is 11.7 Å². The number of benzene rings is 1. The van der Waals surface area contributed by atoms with Crippen LogP contribution in [0, 0.1) is 12.7 Å². The van der Waals surface area contributed by atoms with Gasteiger partial charge in [-0.15, -0.1) is 11.3 Å². The zero-order chi connectivity index (χ0) is 21.3. The summed E-state index contributed by atoms with van der Waals surface area (Å²) in [4.78, 5) is 30.2. The van der Waals surface area contributed by atoms with Crippen LogP contribution in [-0.2, 0) is 19.5 Å². The van der Waals surface area contributed by atoms with Crippen molar-refractivity contribution in [2.75, 3.05) is 5.32 Å². The zero-order valence-corrected chi connectivity index (χ0v) is 17.9. The zero-order valence-electron chi connectivity index (χ0n) is 16.3. The Kier molecular flexibility index (Phi) is 5.87. The number of halogens is 2. The van der Waals surface area contributed by atoms with Gasteiger partial charge in [-0.05, 0) is 49.6 Å². The molecule has 2 aromatic heterocycles. The molecule has 1 aliphatic rings. The molecule has 30 heavy (non-hydrogen) atoms. The maximum atomic E-state index is 13.2. The molecule has 1 aliphatic heterocycles. The number of rotatable bonds is 5. The number of nitrogens with one attached hydrogen (secondary N) is 2. The molecule has 0 bridgehead atoms. The molecule has 0 aliphatic carbocycles. The number of aryl methyl sites for hydroxylation is 3. The largest absolute Gasteiger partial charge is 0.346 e. The molecule has 9 heteroatoms. The van der Waals surface area contributed by atoms with Crippen LogP contribution >= 0.6 is 22.9 Å². The van der Waals surface area contributed by atoms with Gasteiger partial charge in [-0.1, -0.05) is 11.6 Å². The van der Waals surface area contributed by atoms with Crippen molar-refractivity contribution >= 4 is 39.8 Å². The van der Waals surface area contributed by atoms with E-state index in [-0.39, 0.29) is 16.5 Å². The second kappa shape index (κ2) is 8.57. The molecule has 2 N–H and O–H groups in total. The van der Waals surface area contributed by atoms with Gasteiger partial charge in [0, 0.05) is 19.2 Å². The Morgan fingerprint density at radius 1 is 1.27 bits per heavy atom. The Bertz CT molecular complexity index is 1100. The van der Waals surface area contributed by atoms with E-state index in [2.05, 4.69) is 20.2 Å². The molecular weight excluding hydrogens is 427 g/mol. The molecule has 0 saturated carbocycles. The lowest BCUT2D eigenvalue weighted by Gasteiger charge is -2.11. The molecule has 3 heterocycles. The van der Waals surface area contributed by atoms with Gasteiger partial charge in [0.1, 0.15) is 11.6 Å². The lowest BCUT2D eigenvalue weighted by molar-refractivity contribution is 0.0953. The number of hydrogen-bond donors (Lipinski definition) is 2. The monoisotopic (exact) mass is 446 g/mol. The van der Waals surface area contributed by atoms with Crippen LogP contribution in [0.5, 0.6) is 0 Å². The smallest absolute Gasteiger partial charge is 0.262 e. The first-order valence-electron chi connectivity index (χ1n) is 9.60. The molecule has 4 rings (SSSR count). The lowest BCUT2D eigenvalue weighted by Crippen LogP contribution is -2.22. The van der Waals surface area contributed by atoms with E-state index in [1.54, 1.807) is 13.0 Å². The van der Waals surface area contributed by atoms with Crippen molar-refractivity contribution in [1.82, 2.24) is 14.9 Å². The van der Waals surface area contributed by atoms with Gasteiger partial charge < -0.3 is 15.2 Å². The van der Waals surface area contributed by atoms with E-state index >= 15 is 0 Å². The summed E-state index contributed by atoms with van der Waals surface area (Å²) in [5.74, 6) is -0.121. The highest BCUT2D eigenvalue weighted by molar-refractivity contribution is 7.18. The molecule has 0 saturated heterocycles. The highest BCUT2D eigenvalue weighted by atomic mass is 35.5.